The van der Waals surface area contributed by atoms with Crippen LogP contribution in [0.1, 0.15) is 45.6 Å². The van der Waals surface area contributed by atoms with Crippen molar-refractivity contribution in [2.45, 2.75) is 70.6 Å². The fraction of sp³-hybridized carbons (Fsp3) is 0.480. The smallest absolute Gasteiger partial charge is 0.326 e. The summed E-state index contributed by atoms with van der Waals surface area (Å²) in [5.74, 6) is -3.77. The zero-order chi connectivity index (χ0) is 27.7. The minimum atomic E-state index is -1.24. The fourth-order valence-electron chi connectivity index (χ4n) is 3.85. The minimum Gasteiger partial charge on any atom is -0.480 e. The Balaban J connectivity index is 2.04. The summed E-state index contributed by atoms with van der Waals surface area (Å²) in [6.45, 7) is 5.18. The second-order valence-corrected chi connectivity index (χ2v) is 9.50. The second kappa shape index (κ2) is 13.4. The Bertz CT molecular complexity index is 1130. The number of aromatic nitrogens is 1. The van der Waals surface area contributed by atoms with Crippen LogP contribution in [0.5, 0.6) is 0 Å². The third-order valence-electron chi connectivity index (χ3n) is 5.84. The van der Waals surface area contributed by atoms with Crippen molar-refractivity contribution in [3.8, 4) is 0 Å². The van der Waals surface area contributed by atoms with Gasteiger partial charge in [0.25, 0.3) is 0 Å². The number of para-hydroxylation sites is 1. The highest BCUT2D eigenvalue weighted by Crippen LogP contribution is 2.19. The van der Waals surface area contributed by atoms with Crippen molar-refractivity contribution in [3.05, 3.63) is 36.0 Å². The molecule has 37 heavy (non-hydrogen) atoms. The number of hydrogen-bond donors (Lipinski definition) is 7. The molecule has 0 spiro atoms. The van der Waals surface area contributed by atoms with Gasteiger partial charge in [-0.15, -0.1) is 0 Å². The van der Waals surface area contributed by atoms with Crippen LogP contribution in [0.3, 0.4) is 0 Å². The first kappa shape index (κ1) is 29.3. The lowest BCUT2D eigenvalue weighted by Crippen LogP contribution is -2.56. The molecule has 12 heteroatoms. The maximum Gasteiger partial charge on any atom is 0.326 e. The summed E-state index contributed by atoms with van der Waals surface area (Å²) < 4.78 is 0. The number of H-pyrrole nitrogens is 1. The quantitative estimate of drug-likeness (QED) is 0.181. The molecule has 2 aromatic rings. The van der Waals surface area contributed by atoms with Crippen LogP contribution >= 0.6 is 0 Å². The summed E-state index contributed by atoms with van der Waals surface area (Å²) in [5.41, 5.74) is 12.6. The third-order valence-corrected chi connectivity index (χ3v) is 5.84. The van der Waals surface area contributed by atoms with Crippen molar-refractivity contribution in [1.82, 2.24) is 20.9 Å². The van der Waals surface area contributed by atoms with Gasteiger partial charge in [-0.1, -0.05) is 32.0 Å². The zero-order valence-electron chi connectivity index (χ0n) is 21.2. The van der Waals surface area contributed by atoms with Gasteiger partial charge in [0.2, 0.25) is 23.6 Å². The van der Waals surface area contributed by atoms with E-state index < -0.39 is 53.8 Å². The molecule has 1 aromatic heterocycles. The van der Waals surface area contributed by atoms with E-state index in [-0.39, 0.29) is 25.2 Å². The van der Waals surface area contributed by atoms with Gasteiger partial charge >= 0.3 is 5.97 Å². The minimum absolute atomic E-state index is 0.0246. The number of carboxylic acid groups (broad SMARTS) is 1. The molecule has 4 unspecified atom stereocenters. The Labute approximate surface area is 214 Å². The molecule has 0 aliphatic heterocycles. The number of carbonyl (C=O) groups is 5. The zero-order valence-corrected chi connectivity index (χ0v) is 21.2. The van der Waals surface area contributed by atoms with Gasteiger partial charge in [0.15, 0.2) is 0 Å². The van der Waals surface area contributed by atoms with Crippen LogP contribution in [0.2, 0.25) is 0 Å². The molecule has 0 fully saturated rings. The van der Waals surface area contributed by atoms with Crippen molar-refractivity contribution in [1.29, 1.82) is 0 Å². The Morgan fingerprint density at radius 3 is 2.22 bits per heavy atom. The van der Waals surface area contributed by atoms with Gasteiger partial charge in [-0.25, -0.2) is 4.79 Å². The molecule has 1 heterocycles. The van der Waals surface area contributed by atoms with Gasteiger partial charge in [-0.05, 0) is 37.3 Å². The lowest BCUT2D eigenvalue weighted by atomic mass is 10.0. The highest BCUT2D eigenvalue weighted by atomic mass is 16.4. The third kappa shape index (κ3) is 8.90. The van der Waals surface area contributed by atoms with Crippen molar-refractivity contribution >= 4 is 40.5 Å². The molecular formula is C25H36N6O6. The number of hydrogen-bond acceptors (Lipinski definition) is 6. The number of rotatable bonds is 14. The number of carbonyl (C=O) groups excluding carboxylic acids is 4. The molecule has 0 saturated carbocycles. The van der Waals surface area contributed by atoms with Crippen LogP contribution < -0.4 is 27.4 Å². The van der Waals surface area contributed by atoms with Crippen molar-refractivity contribution in [2.24, 2.45) is 17.4 Å². The van der Waals surface area contributed by atoms with E-state index in [9.17, 15) is 29.1 Å². The van der Waals surface area contributed by atoms with Crippen LogP contribution in [0.4, 0.5) is 0 Å². The fourth-order valence-corrected chi connectivity index (χ4v) is 3.85. The topological polar surface area (TPSA) is 209 Å². The van der Waals surface area contributed by atoms with Crippen molar-refractivity contribution in [2.75, 3.05) is 0 Å². The monoisotopic (exact) mass is 516 g/mol. The summed E-state index contributed by atoms with van der Waals surface area (Å²) in [6, 6.07) is 2.99. The molecule has 12 nitrogen and oxygen atoms in total. The number of fused-ring (bicyclic) bond motifs is 1. The summed E-state index contributed by atoms with van der Waals surface area (Å²) in [4.78, 5) is 64.2. The highest BCUT2D eigenvalue weighted by Gasteiger charge is 2.29. The van der Waals surface area contributed by atoms with Crippen molar-refractivity contribution in [3.63, 3.8) is 0 Å². The number of amides is 4. The van der Waals surface area contributed by atoms with Gasteiger partial charge in [0, 0.05) is 29.9 Å². The van der Waals surface area contributed by atoms with Gasteiger partial charge in [-0.3, -0.25) is 19.2 Å². The highest BCUT2D eigenvalue weighted by molar-refractivity contribution is 5.94. The molecule has 4 amide bonds. The largest absolute Gasteiger partial charge is 0.480 e. The maximum absolute atomic E-state index is 12.9. The Morgan fingerprint density at radius 1 is 0.946 bits per heavy atom. The number of nitrogens with one attached hydrogen (secondary N) is 4. The van der Waals surface area contributed by atoms with E-state index in [2.05, 4.69) is 20.9 Å². The lowest BCUT2D eigenvalue weighted by Gasteiger charge is -2.23. The summed E-state index contributed by atoms with van der Waals surface area (Å²) in [5, 5.41) is 17.9. The molecule has 0 saturated heterocycles. The number of benzene rings is 1. The number of aromatic amines is 1. The van der Waals surface area contributed by atoms with Crippen LogP contribution in [0.15, 0.2) is 30.5 Å². The van der Waals surface area contributed by atoms with Crippen LogP contribution in [-0.4, -0.2) is 63.9 Å². The molecule has 0 aliphatic carbocycles. The Morgan fingerprint density at radius 2 is 1.59 bits per heavy atom. The molecule has 202 valence electrons. The van der Waals surface area contributed by atoms with E-state index in [1.54, 1.807) is 6.20 Å². The number of carboxylic acids is 1. The summed E-state index contributed by atoms with van der Waals surface area (Å²) in [6.07, 6.45) is 1.84. The van der Waals surface area contributed by atoms with E-state index in [1.165, 1.54) is 6.92 Å². The molecular weight excluding hydrogens is 480 g/mol. The number of nitrogens with two attached hydrogens (primary N) is 2. The van der Waals surface area contributed by atoms with E-state index in [4.69, 9.17) is 11.5 Å². The van der Waals surface area contributed by atoms with E-state index in [1.807, 2.05) is 38.1 Å². The second-order valence-electron chi connectivity index (χ2n) is 9.50. The van der Waals surface area contributed by atoms with Crippen LogP contribution in [0.25, 0.3) is 10.9 Å². The first-order chi connectivity index (χ1) is 17.4. The van der Waals surface area contributed by atoms with E-state index in [0.717, 1.165) is 10.9 Å². The summed E-state index contributed by atoms with van der Waals surface area (Å²) >= 11 is 0. The van der Waals surface area contributed by atoms with Crippen LogP contribution in [-0.2, 0) is 30.4 Å². The normalized spacial score (nSPS) is 14.4. The number of aliphatic carboxylic acids is 1. The van der Waals surface area contributed by atoms with Gasteiger partial charge in [0.05, 0.1) is 6.04 Å². The summed E-state index contributed by atoms with van der Waals surface area (Å²) in [7, 11) is 0. The van der Waals surface area contributed by atoms with E-state index >= 15 is 0 Å². The van der Waals surface area contributed by atoms with Gasteiger partial charge in [0.1, 0.15) is 18.1 Å². The standard InChI is InChI=1S/C25H36N6O6/c1-13(2)10-17(26)23(34)30-19(8-9-21(27)32)24(35)29-14(3)22(33)31-20(25(36)37)11-15-12-28-18-7-5-4-6-16(15)18/h4-7,12-14,17,19-20,28H,8-11,26H2,1-3H3,(H2,27,32)(H,29,35)(H,30,34)(H,31,33)(H,36,37). The molecule has 0 radical (unpaired) electrons. The first-order valence-electron chi connectivity index (χ1n) is 12.1. The molecule has 1 aromatic carbocycles. The predicted molar refractivity (Wildman–Crippen MR) is 137 cm³/mol. The Hall–Kier alpha value is -3.93. The molecule has 0 aliphatic rings. The first-order valence-corrected chi connectivity index (χ1v) is 12.1. The van der Waals surface area contributed by atoms with E-state index in [0.29, 0.717) is 12.0 Å². The number of primary amides is 1. The SMILES string of the molecule is CC(C)CC(N)C(=O)NC(CCC(N)=O)C(=O)NC(C)C(=O)NC(Cc1c[nH]c2ccccc12)C(=O)O. The van der Waals surface area contributed by atoms with Gasteiger partial charge in [-0.2, -0.15) is 0 Å². The van der Waals surface area contributed by atoms with Crippen molar-refractivity contribution < 1.29 is 29.1 Å². The molecule has 0 bridgehead atoms. The molecule has 4 atom stereocenters. The average molecular weight is 517 g/mol. The molecule has 9 N–H and O–H groups in total. The predicted octanol–water partition coefficient (Wildman–Crippen LogP) is -0.0918. The van der Waals surface area contributed by atoms with Gasteiger partial charge < -0.3 is 37.5 Å². The lowest BCUT2D eigenvalue weighted by molar-refractivity contribution is -0.142. The average Bonchev–Trinajstić information content (AvgIpc) is 3.23. The molecule has 2 rings (SSSR count). The Kier molecular flexibility index (Phi) is 10.6. The maximum atomic E-state index is 12.9. The van der Waals surface area contributed by atoms with Crippen LogP contribution in [0, 0.1) is 5.92 Å².